The van der Waals surface area contributed by atoms with Crippen molar-refractivity contribution in [1.82, 2.24) is 10.2 Å². The molecule has 0 saturated carbocycles. The van der Waals surface area contributed by atoms with Gasteiger partial charge in [0.2, 0.25) is 0 Å². The smallest absolute Gasteiger partial charge is 0.317 e. The van der Waals surface area contributed by atoms with E-state index in [9.17, 15) is 19.8 Å². The van der Waals surface area contributed by atoms with E-state index in [1.807, 2.05) is 0 Å². The molecule has 20 heavy (non-hydrogen) atoms. The van der Waals surface area contributed by atoms with Gasteiger partial charge in [-0.15, -0.1) is 0 Å². The van der Waals surface area contributed by atoms with E-state index in [0.717, 1.165) is 0 Å². The molecule has 3 N–H and O–H groups in total. The third kappa shape index (κ3) is 3.21. The molecule has 0 aliphatic carbocycles. The normalized spacial score (nSPS) is 29.2. The number of aliphatic carboxylic acids is 1. The molecule has 2 rings (SSSR count). The van der Waals surface area contributed by atoms with Crippen LogP contribution in [-0.4, -0.2) is 65.6 Å². The summed E-state index contributed by atoms with van der Waals surface area (Å²) in [5.74, 6) is -0.894. The van der Waals surface area contributed by atoms with E-state index in [1.165, 1.54) is 4.90 Å². The van der Waals surface area contributed by atoms with E-state index in [0.29, 0.717) is 39.0 Å². The molecule has 1 unspecified atom stereocenters. The van der Waals surface area contributed by atoms with E-state index in [4.69, 9.17) is 4.74 Å². The van der Waals surface area contributed by atoms with Gasteiger partial charge in [-0.1, -0.05) is 0 Å². The highest BCUT2D eigenvalue weighted by molar-refractivity contribution is 5.78. The van der Waals surface area contributed by atoms with Crippen molar-refractivity contribution in [1.29, 1.82) is 0 Å². The van der Waals surface area contributed by atoms with Crippen molar-refractivity contribution in [2.45, 2.75) is 31.8 Å². The molecular weight excluding hydrogens is 264 g/mol. The van der Waals surface area contributed by atoms with Crippen LogP contribution in [0.5, 0.6) is 0 Å². The summed E-state index contributed by atoms with van der Waals surface area (Å²) in [6.07, 6.45) is 1.35. The van der Waals surface area contributed by atoms with Crippen molar-refractivity contribution in [3.63, 3.8) is 0 Å². The highest BCUT2D eigenvalue weighted by atomic mass is 16.5. The Bertz CT molecular complexity index is 390. The lowest BCUT2D eigenvalue weighted by atomic mass is 9.80. The molecule has 0 bridgehead atoms. The lowest BCUT2D eigenvalue weighted by Gasteiger charge is -2.33. The number of hydrogen-bond acceptors (Lipinski definition) is 4. The lowest BCUT2D eigenvalue weighted by molar-refractivity contribution is -0.154. The summed E-state index contributed by atoms with van der Waals surface area (Å²) in [6, 6.07) is -0.310. The molecule has 7 nitrogen and oxygen atoms in total. The average molecular weight is 286 g/mol. The minimum Gasteiger partial charge on any atom is -0.481 e. The lowest BCUT2D eigenvalue weighted by Crippen LogP contribution is -2.49. The van der Waals surface area contributed by atoms with Gasteiger partial charge in [0, 0.05) is 26.3 Å². The molecule has 2 saturated heterocycles. The monoisotopic (exact) mass is 286 g/mol. The molecule has 2 heterocycles. The molecular formula is C13H22N2O5. The van der Waals surface area contributed by atoms with Crippen LogP contribution in [0.4, 0.5) is 4.79 Å². The first kappa shape index (κ1) is 15.1. The number of amides is 2. The first-order valence-corrected chi connectivity index (χ1v) is 6.91. The molecule has 2 fully saturated rings. The van der Waals surface area contributed by atoms with Crippen LogP contribution in [0.15, 0.2) is 0 Å². The Hall–Kier alpha value is -1.34. The highest BCUT2D eigenvalue weighted by Crippen LogP contribution is 2.30. The van der Waals surface area contributed by atoms with Crippen LogP contribution in [0.25, 0.3) is 0 Å². The summed E-state index contributed by atoms with van der Waals surface area (Å²) in [4.78, 5) is 25.0. The van der Waals surface area contributed by atoms with Crippen molar-refractivity contribution in [2.75, 3.05) is 32.8 Å². The Morgan fingerprint density at radius 2 is 1.95 bits per heavy atom. The Morgan fingerprint density at radius 1 is 1.30 bits per heavy atom. The van der Waals surface area contributed by atoms with Crippen molar-refractivity contribution in [3.8, 4) is 0 Å². The largest absolute Gasteiger partial charge is 0.481 e. The number of aliphatic hydroxyl groups is 1. The van der Waals surface area contributed by atoms with Crippen LogP contribution in [0.2, 0.25) is 0 Å². The summed E-state index contributed by atoms with van der Waals surface area (Å²) in [6.45, 7) is 3.37. The first-order chi connectivity index (χ1) is 9.35. The number of ether oxygens (including phenoxy) is 1. The van der Waals surface area contributed by atoms with Gasteiger partial charge >= 0.3 is 12.0 Å². The zero-order chi connectivity index (χ0) is 14.8. The number of carbonyl (C=O) groups is 2. The van der Waals surface area contributed by atoms with Gasteiger partial charge in [0.05, 0.1) is 17.6 Å². The Kier molecular flexibility index (Phi) is 4.19. The van der Waals surface area contributed by atoms with E-state index < -0.39 is 17.0 Å². The Balaban J connectivity index is 1.90. The van der Waals surface area contributed by atoms with Gasteiger partial charge in [0.25, 0.3) is 0 Å². The molecule has 7 heteroatoms. The van der Waals surface area contributed by atoms with Gasteiger partial charge in [-0.3, -0.25) is 4.79 Å². The molecule has 114 valence electrons. The maximum Gasteiger partial charge on any atom is 0.317 e. The number of carbonyl (C=O) groups excluding carboxylic acids is 1. The van der Waals surface area contributed by atoms with Crippen molar-refractivity contribution >= 4 is 12.0 Å². The van der Waals surface area contributed by atoms with Gasteiger partial charge in [-0.2, -0.15) is 0 Å². The van der Waals surface area contributed by atoms with Crippen LogP contribution >= 0.6 is 0 Å². The van der Waals surface area contributed by atoms with Crippen molar-refractivity contribution in [2.24, 2.45) is 5.41 Å². The maximum absolute atomic E-state index is 12.0. The first-order valence-electron chi connectivity index (χ1n) is 6.91. The van der Waals surface area contributed by atoms with E-state index in [1.54, 1.807) is 6.92 Å². The number of carboxylic acid groups (broad SMARTS) is 1. The molecule has 0 aromatic rings. The molecule has 0 aromatic carbocycles. The zero-order valence-electron chi connectivity index (χ0n) is 11.7. The SMILES string of the molecule is CC1(O)CCN(C(=O)NCC2(C(=O)O)CCOCC2)C1. The summed E-state index contributed by atoms with van der Waals surface area (Å²) in [7, 11) is 0. The second-order valence-electron chi connectivity index (χ2n) is 6.03. The zero-order valence-corrected chi connectivity index (χ0v) is 11.7. The quantitative estimate of drug-likeness (QED) is 0.680. The number of carboxylic acids is 1. The van der Waals surface area contributed by atoms with Gasteiger partial charge in [-0.25, -0.2) is 4.79 Å². The van der Waals surface area contributed by atoms with Crippen LogP contribution < -0.4 is 5.32 Å². The number of nitrogens with one attached hydrogen (secondary N) is 1. The van der Waals surface area contributed by atoms with E-state index >= 15 is 0 Å². The Labute approximate surface area is 117 Å². The number of rotatable bonds is 3. The van der Waals surface area contributed by atoms with Gasteiger partial charge in [-0.05, 0) is 26.2 Å². The van der Waals surface area contributed by atoms with Crippen LogP contribution in [0.1, 0.15) is 26.2 Å². The molecule has 0 aromatic heterocycles. The molecule has 2 aliphatic heterocycles. The predicted molar refractivity (Wildman–Crippen MR) is 70.3 cm³/mol. The number of hydrogen-bond donors (Lipinski definition) is 3. The number of likely N-dealkylation sites (tertiary alicyclic amines) is 1. The minimum absolute atomic E-state index is 0.100. The molecule has 2 amide bonds. The minimum atomic E-state index is -0.934. The Morgan fingerprint density at radius 3 is 2.45 bits per heavy atom. The number of β-amino-alcohol motifs (C(OH)–C–C–N with tert-alkyl or cyclic N) is 1. The fraction of sp³-hybridized carbons (Fsp3) is 0.846. The van der Waals surface area contributed by atoms with Gasteiger partial charge in [0.1, 0.15) is 0 Å². The fourth-order valence-corrected chi connectivity index (χ4v) is 2.70. The molecule has 1 atom stereocenters. The average Bonchev–Trinajstić information content (AvgIpc) is 2.77. The summed E-state index contributed by atoms with van der Waals surface area (Å²) in [5, 5.41) is 21.9. The molecule has 0 spiro atoms. The van der Waals surface area contributed by atoms with Crippen LogP contribution in [0, 0.1) is 5.41 Å². The standard InChI is InChI=1S/C13H22N2O5/c1-12(19)2-5-15(9-12)11(18)14-8-13(10(16)17)3-6-20-7-4-13/h19H,2-9H2,1H3,(H,14,18)(H,16,17). The predicted octanol–water partition coefficient (Wildman–Crippen LogP) is 0.0341. The van der Waals surface area contributed by atoms with Crippen LogP contribution in [-0.2, 0) is 9.53 Å². The fourth-order valence-electron chi connectivity index (χ4n) is 2.70. The third-order valence-corrected chi connectivity index (χ3v) is 4.22. The summed E-state index contributed by atoms with van der Waals surface area (Å²) < 4.78 is 5.19. The van der Waals surface area contributed by atoms with Crippen LogP contribution in [0.3, 0.4) is 0 Å². The second-order valence-corrected chi connectivity index (χ2v) is 6.03. The van der Waals surface area contributed by atoms with E-state index in [-0.39, 0.29) is 19.1 Å². The number of urea groups is 1. The van der Waals surface area contributed by atoms with E-state index in [2.05, 4.69) is 5.32 Å². The van der Waals surface area contributed by atoms with Crippen molar-refractivity contribution in [3.05, 3.63) is 0 Å². The summed E-state index contributed by atoms with van der Waals surface area (Å²) in [5.41, 5.74) is -1.78. The van der Waals surface area contributed by atoms with Gasteiger partial charge < -0.3 is 25.2 Å². The second kappa shape index (κ2) is 5.57. The van der Waals surface area contributed by atoms with Gasteiger partial charge in [0.15, 0.2) is 0 Å². The third-order valence-electron chi connectivity index (χ3n) is 4.22. The highest BCUT2D eigenvalue weighted by Gasteiger charge is 2.41. The topological polar surface area (TPSA) is 99.1 Å². The molecule has 0 radical (unpaired) electrons. The maximum atomic E-state index is 12.0. The summed E-state index contributed by atoms with van der Waals surface area (Å²) >= 11 is 0. The molecule has 2 aliphatic rings. The number of nitrogens with zero attached hydrogens (tertiary/aromatic N) is 1. The van der Waals surface area contributed by atoms with Crippen molar-refractivity contribution < 1.29 is 24.5 Å².